The number of methoxy groups -OCH3 is 1. The van der Waals surface area contributed by atoms with Crippen LogP contribution in [-0.4, -0.2) is 13.1 Å². The predicted octanol–water partition coefficient (Wildman–Crippen LogP) is 6.36. The molecule has 5 heteroatoms. The third-order valence-electron chi connectivity index (χ3n) is 6.73. The van der Waals surface area contributed by atoms with Crippen LogP contribution in [0.5, 0.6) is 11.5 Å². The topological polar surface area (TPSA) is 96.5 Å². The van der Waals surface area contributed by atoms with Crippen LogP contribution in [0.3, 0.4) is 0 Å². The molecule has 6 N–H and O–H groups in total. The van der Waals surface area contributed by atoms with Crippen molar-refractivity contribution in [3.05, 3.63) is 109 Å². The summed E-state index contributed by atoms with van der Waals surface area (Å²) in [5.74, 6) is -0.321. The molecule has 0 bridgehead atoms. The molecule has 0 saturated carbocycles. The Hall–Kier alpha value is -4.42. The molecule has 0 unspecified atom stereocenters. The van der Waals surface area contributed by atoms with Gasteiger partial charge in [-0.2, -0.15) is 0 Å². The van der Waals surface area contributed by atoms with Gasteiger partial charge >= 0.3 is 0 Å². The summed E-state index contributed by atoms with van der Waals surface area (Å²) in [5, 5.41) is 6.75. The van der Waals surface area contributed by atoms with Crippen LogP contribution >= 0.6 is 0 Å². The van der Waals surface area contributed by atoms with Crippen LogP contribution in [0.2, 0.25) is 0 Å². The molecule has 6 aromatic rings. The van der Waals surface area contributed by atoms with Crippen LogP contribution in [0.25, 0.3) is 54.6 Å². The van der Waals surface area contributed by atoms with Crippen molar-refractivity contribution in [1.82, 2.24) is 0 Å². The molecule has 0 heterocycles. The van der Waals surface area contributed by atoms with E-state index in [4.69, 9.17) is 26.7 Å². The zero-order valence-corrected chi connectivity index (χ0v) is 20.4. The Kier molecular flexibility index (Phi) is 5.54. The molecule has 37 heavy (non-hydrogen) atoms. The second-order valence-electron chi connectivity index (χ2n) is 9.25. The number of rotatable bonds is 5. The fourth-order valence-electron chi connectivity index (χ4n) is 5.14. The van der Waals surface area contributed by atoms with E-state index in [-0.39, 0.29) is 0 Å². The van der Waals surface area contributed by atoms with Gasteiger partial charge in [-0.1, -0.05) is 84.9 Å². The van der Waals surface area contributed by atoms with Gasteiger partial charge in [-0.05, 0) is 73.5 Å². The van der Waals surface area contributed by atoms with Gasteiger partial charge in [-0.3, -0.25) is 17.2 Å². The average Bonchev–Trinajstić information content (AvgIpc) is 2.90. The van der Waals surface area contributed by atoms with Crippen LogP contribution in [0.15, 0.2) is 109 Å². The first-order valence-corrected chi connectivity index (χ1v) is 12.1. The van der Waals surface area contributed by atoms with Gasteiger partial charge < -0.3 is 9.47 Å². The highest BCUT2D eigenvalue weighted by Crippen LogP contribution is 2.40. The standard InChI is InChI=1S/C32H27N3O2/c1-36-31-17-16-29(28-6-2-3-7-30(28)31)27-11-5-9-25-24(8-4-10-26(25)27)22-13-12-21-19-23(37-32(33,34)35)15-14-20(21)18-22/h2-19H,33-35H2,1H3. The molecule has 6 rings (SSSR count). The first-order valence-electron chi connectivity index (χ1n) is 12.1. The van der Waals surface area contributed by atoms with Crippen LogP contribution in [0.1, 0.15) is 0 Å². The number of nitrogens with two attached hydrogens (primary N) is 3. The van der Waals surface area contributed by atoms with E-state index in [1.54, 1.807) is 7.11 Å². The molecule has 6 aromatic carbocycles. The Bertz CT molecular complexity index is 1790. The maximum absolute atomic E-state index is 5.62. The number of hydrogen-bond acceptors (Lipinski definition) is 5. The van der Waals surface area contributed by atoms with Crippen molar-refractivity contribution >= 4 is 32.3 Å². The Morgan fingerprint density at radius 2 is 1.14 bits per heavy atom. The molecule has 0 aliphatic carbocycles. The number of ether oxygens (including phenoxy) is 2. The van der Waals surface area contributed by atoms with Crippen LogP contribution in [0.4, 0.5) is 0 Å². The largest absolute Gasteiger partial charge is 0.496 e. The minimum absolute atomic E-state index is 0.522. The molecule has 0 fully saturated rings. The second-order valence-corrected chi connectivity index (χ2v) is 9.25. The molecular formula is C32H27N3O2. The van der Waals surface area contributed by atoms with E-state index in [1.165, 1.54) is 32.8 Å². The number of hydrogen-bond donors (Lipinski definition) is 3. The molecule has 0 aliphatic rings. The predicted molar refractivity (Wildman–Crippen MR) is 152 cm³/mol. The lowest BCUT2D eigenvalue weighted by molar-refractivity contribution is 0.0904. The summed E-state index contributed by atoms with van der Waals surface area (Å²) < 4.78 is 11.0. The highest BCUT2D eigenvalue weighted by molar-refractivity contribution is 6.10. The van der Waals surface area contributed by atoms with Crippen molar-refractivity contribution < 1.29 is 9.47 Å². The Balaban J connectivity index is 1.49. The maximum Gasteiger partial charge on any atom is 0.271 e. The van der Waals surface area contributed by atoms with Gasteiger partial charge in [0.15, 0.2) is 0 Å². The van der Waals surface area contributed by atoms with E-state index in [2.05, 4.69) is 78.9 Å². The van der Waals surface area contributed by atoms with Crippen LogP contribution in [0, 0.1) is 0 Å². The van der Waals surface area contributed by atoms with E-state index in [1.807, 2.05) is 30.3 Å². The monoisotopic (exact) mass is 485 g/mol. The molecule has 0 atom stereocenters. The van der Waals surface area contributed by atoms with Crippen molar-refractivity contribution in [2.75, 3.05) is 7.11 Å². The van der Waals surface area contributed by atoms with Crippen molar-refractivity contribution in [3.8, 4) is 33.8 Å². The Morgan fingerprint density at radius 1 is 0.541 bits per heavy atom. The van der Waals surface area contributed by atoms with E-state index in [9.17, 15) is 0 Å². The minimum atomic E-state index is -1.72. The fourth-order valence-corrected chi connectivity index (χ4v) is 5.14. The summed E-state index contributed by atoms with van der Waals surface area (Å²) in [7, 11) is 1.71. The van der Waals surface area contributed by atoms with Crippen LogP contribution in [-0.2, 0) is 0 Å². The third kappa shape index (κ3) is 4.26. The van der Waals surface area contributed by atoms with E-state index >= 15 is 0 Å². The van der Waals surface area contributed by atoms with Crippen molar-refractivity contribution in [3.63, 3.8) is 0 Å². The zero-order valence-electron chi connectivity index (χ0n) is 20.4. The Labute approximate surface area is 215 Å². The molecule has 0 amide bonds. The van der Waals surface area contributed by atoms with Crippen molar-refractivity contribution in [2.45, 2.75) is 5.97 Å². The zero-order chi connectivity index (χ0) is 25.6. The first kappa shape index (κ1) is 23.0. The molecule has 0 spiro atoms. The summed E-state index contributed by atoms with van der Waals surface area (Å²) in [4.78, 5) is 0. The van der Waals surface area contributed by atoms with Gasteiger partial charge in [0.1, 0.15) is 11.5 Å². The summed E-state index contributed by atoms with van der Waals surface area (Å²) in [6, 6.07) is 37.6. The minimum Gasteiger partial charge on any atom is -0.496 e. The summed E-state index contributed by atoms with van der Waals surface area (Å²) in [6.07, 6.45) is 0. The average molecular weight is 486 g/mol. The van der Waals surface area contributed by atoms with Gasteiger partial charge in [-0.15, -0.1) is 0 Å². The highest BCUT2D eigenvalue weighted by atomic mass is 16.5. The van der Waals surface area contributed by atoms with Gasteiger partial charge in [0.2, 0.25) is 0 Å². The first-order chi connectivity index (χ1) is 17.9. The molecular weight excluding hydrogens is 458 g/mol. The molecule has 0 aromatic heterocycles. The van der Waals surface area contributed by atoms with Crippen molar-refractivity contribution in [2.24, 2.45) is 17.2 Å². The summed E-state index contributed by atoms with van der Waals surface area (Å²) >= 11 is 0. The van der Waals surface area contributed by atoms with Gasteiger partial charge in [0.25, 0.3) is 5.97 Å². The quantitative estimate of drug-likeness (QED) is 0.247. The molecule has 0 radical (unpaired) electrons. The van der Waals surface area contributed by atoms with Gasteiger partial charge in [-0.25, -0.2) is 0 Å². The highest BCUT2D eigenvalue weighted by Gasteiger charge is 2.15. The molecule has 0 aliphatic heterocycles. The maximum atomic E-state index is 5.62. The lowest BCUT2D eigenvalue weighted by Crippen LogP contribution is -2.62. The van der Waals surface area contributed by atoms with Crippen LogP contribution < -0.4 is 26.7 Å². The number of fused-ring (bicyclic) bond motifs is 3. The fraction of sp³-hybridized carbons (Fsp3) is 0.0625. The van der Waals surface area contributed by atoms with E-state index < -0.39 is 5.97 Å². The van der Waals surface area contributed by atoms with Crippen molar-refractivity contribution in [1.29, 1.82) is 0 Å². The van der Waals surface area contributed by atoms with Gasteiger partial charge in [0.05, 0.1) is 7.11 Å². The third-order valence-corrected chi connectivity index (χ3v) is 6.73. The number of benzene rings is 6. The summed E-state index contributed by atoms with van der Waals surface area (Å²) in [6.45, 7) is 0. The Morgan fingerprint density at radius 3 is 1.89 bits per heavy atom. The molecule has 182 valence electrons. The smallest absolute Gasteiger partial charge is 0.271 e. The van der Waals surface area contributed by atoms with E-state index in [0.29, 0.717) is 5.75 Å². The SMILES string of the molecule is COc1ccc(-c2cccc3c(-c4ccc5cc(OC(N)(N)N)ccc5c4)cccc23)c2ccccc12. The second kappa shape index (κ2) is 8.91. The lowest BCUT2D eigenvalue weighted by Gasteiger charge is -2.20. The summed E-state index contributed by atoms with van der Waals surface area (Å²) in [5.41, 5.74) is 21.4. The lowest BCUT2D eigenvalue weighted by atomic mass is 9.90. The molecule has 0 saturated heterocycles. The van der Waals surface area contributed by atoms with Gasteiger partial charge in [0, 0.05) is 5.39 Å². The molecule has 5 nitrogen and oxygen atoms in total. The van der Waals surface area contributed by atoms with E-state index in [0.717, 1.165) is 27.5 Å². The normalized spacial score (nSPS) is 11.8.